The van der Waals surface area contributed by atoms with Crippen molar-refractivity contribution in [3.63, 3.8) is 0 Å². The monoisotopic (exact) mass is 351 g/mol. The molecule has 4 aromatic rings. The first-order valence-electron chi connectivity index (χ1n) is 7.95. The van der Waals surface area contributed by atoms with E-state index in [9.17, 15) is 4.39 Å². The molecule has 3 aromatic heterocycles. The number of hydrogen-bond donors (Lipinski definition) is 1. The molecule has 0 spiro atoms. The fourth-order valence-corrected chi connectivity index (χ4v) is 2.35. The van der Waals surface area contributed by atoms with Gasteiger partial charge in [0.15, 0.2) is 5.69 Å². The minimum absolute atomic E-state index is 0.243. The lowest BCUT2D eigenvalue weighted by molar-refractivity contribution is 0.430. The average Bonchev–Trinajstić information content (AvgIpc) is 3.32. The van der Waals surface area contributed by atoms with E-state index in [4.69, 9.17) is 4.52 Å². The van der Waals surface area contributed by atoms with Crippen LogP contribution in [-0.2, 0) is 0 Å². The van der Waals surface area contributed by atoms with Gasteiger partial charge in [-0.2, -0.15) is 10.1 Å². The van der Waals surface area contributed by atoms with E-state index in [-0.39, 0.29) is 11.7 Å². The van der Waals surface area contributed by atoms with Gasteiger partial charge in [0, 0.05) is 12.7 Å². The number of benzene rings is 1. The zero-order valence-electron chi connectivity index (χ0n) is 13.8. The Morgan fingerprint density at radius 3 is 2.85 bits per heavy atom. The number of rotatable bonds is 5. The van der Waals surface area contributed by atoms with Crippen molar-refractivity contribution >= 4 is 5.82 Å². The Bertz CT molecular complexity index is 1030. The van der Waals surface area contributed by atoms with Crippen molar-refractivity contribution in [1.29, 1.82) is 0 Å². The van der Waals surface area contributed by atoms with Crippen molar-refractivity contribution in [2.24, 2.45) is 0 Å². The summed E-state index contributed by atoms with van der Waals surface area (Å²) in [6.07, 6.45) is 4.87. The van der Waals surface area contributed by atoms with Crippen LogP contribution in [0.15, 0.2) is 53.4 Å². The van der Waals surface area contributed by atoms with Gasteiger partial charge in [-0.3, -0.25) is 0 Å². The van der Waals surface area contributed by atoms with Crippen LogP contribution in [0.5, 0.6) is 0 Å². The van der Waals surface area contributed by atoms with Gasteiger partial charge < -0.3 is 9.84 Å². The van der Waals surface area contributed by atoms with Gasteiger partial charge in [0.2, 0.25) is 5.82 Å². The largest absolute Gasteiger partial charge is 0.369 e. The quantitative estimate of drug-likeness (QED) is 0.590. The van der Waals surface area contributed by atoms with Crippen LogP contribution in [0.25, 0.3) is 28.8 Å². The molecule has 0 aliphatic carbocycles. The molecule has 1 N–H and O–H groups in total. The van der Waals surface area contributed by atoms with Crippen molar-refractivity contribution < 1.29 is 8.91 Å². The van der Waals surface area contributed by atoms with E-state index < -0.39 is 0 Å². The summed E-state index contributed by atoms with van der Waals surface area (Å²) in [5.74, 6) is 0.900. The topological polar surface area (TPSA) is 94.6 Å². The van der Waals surface area contributed by atoms with Gasteiger partial charge in [-0.25, -0.2) is 19.0 Å². The lowest BCUT2D eigenvalue weighted by Crippen LogP contribution is -2.00. The summed E-state index contributed by atoms with van der Waals surface area (Å²) in [4.78, 5) is 12.8. The first kappa shape index (κ1) is 15.9. The molecule has 0 saturated heterocycles. The molecule has 8 nitrogen and oxygen atoms in total. The molecule has 1 aromatic carbocycles. The summed E-state index contributed by atoms with van der Waals surface area (Å²) in [5.41, 5.74) is 1.57. The molecule has 26 heavy (non-hydrogen) atoms. The second-order valence-electron chi connectivity index (χ2n) is 5.37. The smallest absolute Gasteiger partial charge is 0.278 e. The highest BCUT2D eigenvalue weighted by Gasteiger charge is 2.15. The summed E-state index contributed by atoms with van der Waals surface area (Å²) in [7, 11) is 0. The number of nitrogens with one attached hydrogen (secondary N) is 1. The summed E-state index contributed by atoms with van der Waals surface area (Å²) < 4.78 is 20.1. The van der Waals surface area contributed by atoms with Crippen molar-refractivity contribution in [1.82, 2.24) is 29.9 Å². The third kappa shape index (κ3) is 3.14. The Hall–Kier alpha value is -3.62. The van der Waals surface area contributed by atoms with Gasteiger partial charge in [0.25, 0.3) is 5.89 Å². The highest BCUT2D eigenvalue weighted by atomic mass is 19.1. The van der Waals surface area contributed by atoms with Crippen LogP contribution in [0.2, 0.25) is 0 Å². The zero-order chi connectivity index (χ0) is 17.9. The molecule has 3 heterocycles. The molecule has 0 fully saturated rings. The maximum Gasteiger partial charge on any atom is 0.278 e. The Morgan fingerprint density at radius 2 is 2.08 bits per heavy atom. The molecule has 130 valence electrons. The molecule has 0 atom stereocenters. The minimum atomic E-state index is -0.334. The molecule has 0 radical (unpaired) electrons. The molecular weight excluding hydrogens is 337 g/mol. The molecule has 0 saturated carbocycles. The maximum absolute atomic E-state index is 13.4. The Kier molecular flexibility index (Phi) is 4.10. The average molecular weight is 351 g/mol. The van der Waals surface area contributed by atoms with Crippen LogP contribution >= 0.6 is 0 Å². The van der Waals surface area contributed by atoms with E-state index >= 15 is 0 Å². The summed E-state index contributed by atoms with van der Waals surface area (Å²) in [6, 6.07) is 7.84. The standard InChI is InChI=1S/C17H14FN7O/c1-2-19-15-10-20-14(9-21-15)16-22-17(26-24-16)13-6-7-25(23-13)12-5-3-4-11(18)8-12/h3-10H,2H2,1H3,(H,19,21). The second-order valence-corrected chi connectivity index (χ2v) is 5.37. The lowest BCUT2D eigenvalue weighted by atomic mass is 10.3. The van der Waals surface area contributed by atoms with E-state index in [1.165, 1.54) is 16.8 Å². The van der Waals surface area contributed by atoms with Gasteiger partial charge in [-0.15, -0.1) is 0 Å². The third-order valence-corrected chi connectivity index (χ3v) is 3.55. The minimum Gasteiger partial charge on any atom is -0.369 e. The third-order valence-electron chi connectivity index (χ3n) is 3.55. The van der Waals surface area contributed by atoms with Crippen LogP contribution in [0, 0.1) is 5.82 Å². The normalized spacial score (nSPS) is 10.8. The van der Waals surface area contributed by atoms with Crippen molar-refractivity contribution in [3.05, 3.63) is 54.7 Å². The zero-order valence-corrected chi connectivity index (χ0v) is 13.8. The molecule has 0 bridgehead atoms. The van der Waals surface area contributed by atoms with Crippen LogP contribution < -0.4 is 5.32 Å². The first-order chi connectivity index (χ1) is 12.7. The predicted octanol–water partition coefficient (Wildman–Crippen LogP) is 2.95. The van der Waals surface area contributed by atoms with Gasteiger partial charge >= 0.3 is 0 Å². The molecule has 0 unspecified atom stereocenters. The van der Waals surface area contributed by atoms with Crippen LogP contribution in [0.1, 0.15) is 6.92 Å². The Labute approximate surface area is 147 Å². The summed E-state index contributed by atoms with van der Waals surface area (Å²) >= 11 is 0. The van der Waals surface area contributed by atoms with Gasteiger partial charge in [-0.1, -0.05) is 11.2 Å². The molecular formula is C17H14FN7O. The van der Waals surface area contributed by atoms with E-state index in [1.807, 2.05) is 6.92 Å². The predicted molar refractivity (Wildman–Crippen MR) is 92.0 cm³/mol. The van der Waals surface area contributed by atoms with Crippen molar-refractivity contribution in [2.45, 2.75) is 6.92 Å². The van der Waals surface area contributed by atoms with Crippen LogP contribution in [0.3, 0.4) is 0 Å². The number of anilines is 1. The van der Waals surface area contributed by atoms with Crippen molar-refractivity contribution in [2.75, 3.05) is 11.9 Å². The van der Waals surface area contributed by atoms with Crippen LogP contribution in [0.4, 0.5) is 10.2 Å². The van der Waals surface area contributed by atoms with Gasteiger partial charge in [0.05, 0.1) is 18.1 Å². The number of halogens is 1. The number of nitrogens with zero attached hydrogens (tertiary/aromatic N) is 6. The molecule has 0 aliphatic heterocycles. The van der Waals surface area contributed by atoms with E-state index in [1.54, 1.807) is 36.8 Å². The first-order valence-corrected chi connectivity index (χ1v) is 7.95. The van der Waals surface area contributed by atoms with Crippen LogP contribution in [-0.4, -0.2) is 36.4 Å². The molecule has 9 heteroatoms. The molecule has 4 rings (SSSR count). The maximum atomic E-state index is 13.4. The molecule has 0 aliphatic rings. The van der Waals surface area contributed by atoms with E-state index in [0.29, 0.717) is 28.7 Å². The highest BCUT2D eigenvalue weighted by Crippen LogP contribution is 2.20. The Morgan fingerprint density at radius 1 is 1.15 bits per heavy atom. The van der Waals surface area contributed by atoms with Gasteiger partial charge in [0.1, 0.15) is 17.3 Å². The second kappa shape index (κ2) is 6.71. The van der Waals surface area contributed by atoms with Crippen molar-refractivity contribution in [3.8, 4) is 28.8 Å². The molecule has 0 amide bonds. The number of aromatic nitrogens is 6. The fourth-order valence-electron chi connectivity index (χ4n) is 2.35. The Balaban J connectivity index is 1.58. The van der Waals surface area contributed by atoms with Gasteiger partial charge in [-0.05, 0) is 31.2 Å². The summed E-state index contributed by atoms with van der Waals surface area (Å²) in [5, 5.41) is 11.3. The summed E-state index contributed by atoms with van der Waals surface area (Å²) in [6.45, 7) is 2.73. The number of hydrogen-bond acceptors (Lipinski definition) is 7. The highest BCUT2D eigenvalue weighted by molar-refractivity contribution is 5.54. The SMILES string of the molecule is CCNc1cnc(-c2noc(-c3ccn(-c4cccc(F)c4)n3)n2)cn1. The van der Waals surface area contributed by atoms with E-state index in [0.717, 1.165) is 6.54 Å². The lowest BCUT2D eigenvalue weighted by Gasteiger charge is -2.00. The van der Waals surface area contributed by atoms with E-state index in [2.05, 4.69) is 30.5 Å². The fraction of sp³-hybridized carbons (Fsp3) is 0.118.